The number of methoxy groups -OCH3 is 1. The molecule has 2 aromatic rings. The molecule has 150 valence electrons. The smallest absolute Gasteiger partial charge is 0.234 e. The summed E-state index contributed by atoms with van der Waals surface area (Å²) < 4.78 is 5.91. The quantitative estimate of drug-likeness (QED) is 0.691. The fourth-order valence-electron chi connectivity index (χ4n) is 3.02. The predicted octanol–water partition coefficient (Wildman–Crippen LogP) is 3.83. The molecule has 1 fully saturated rings. The van der Waals surface area contributed by atoms with Crippen LogP contribution in [-0.4, -0.2) is 47.7 Å². The molecular formula is C20H25N3O3S2. The van der Waals surface area contributed by atoms with Crippen LogP contribution < -0.4 is 10.1 Å². The van der Waals surface area contributed by atoms with Gasteiger partial charge in [0.25, 0.3) is 0 Å². The molecule has 0 aliphatic carbocycles. The number of likely N-dealkylation sites (tertiary alicyclic amines) is 1. The number of carbonyl (C=O) groups is 2. The van der Waals surface area contributed by atoms with E-state index in [1.807, 2.05) is 10.3 Å². The van der Waals surface area contributed by atoms with Crippen LogP contribution in [0.15, 0.2) is 34.0 Å². The molecular weight excluding hydrogens is 394 g/mol. The van der Waals surface area contributed by atoms with Crippen LogP contribution in [0.2, 0.25) is 0 Å². The molecule has 0 bridgehead atoms. The molecule has 1 N–H and O–H groups in total. The van der Waals surface area contributed by atoms with Crippen LogP contribution in [0.1, 0.15) is 31.4 Å². The summed E-state index contributed by atoms with van der Waals surface area (Å²) >= 11 is 2.87. The Bertz CT molecular complexity index is 784. The highest BCUT2D eigenvalue weighted by atomic mass is 32.2. The highest BCUT2D eigenvalue weighted by Crippen LogP contribution is 2.24. The zero-order valence-corrected chi connectivity index (χ0v) is 17.6. The van der Waals surface area contributed by atoms with Crippen molar-refractivity contribution in [2.75, 3.05) is 31.3 Å². The SMILES string of the molecule is COc1ccc(NC(=O)CSc2nc(CC(=O)N3CCCCCC3)cs2)cc1. The number of thiazole rings is 1. The van der Waals surface area contributed by atoms with Crippen LogP contribution in [0, 0.1) is 0 Å². The van der Waals surface area contributed by atoms with E-state index in [0.29, 0.717) is 6.42 Å². The third-order valence-corrected chi connectivity index (χ3v) is 6.59. The van der Waals surface area contributed by atoms with Crippen molar-refractivity contribution in [1.29, 1.82) is 0 Å². The standard InChI is InChI=1S/C20H25N3O3S2/c1-26-17-8-6-15(7-9-17)21-18(24)14-28-20-22-16(13-27-20)12-19(25)23-10-4-2-3-5-11-23/h6-9,13H,2-5,10-12,14H2,1H3,(H,21,24). The first-order valence-corrected chi connectivity index (χ1v) is 11.3. The van der Waals surface area contributed by atoms with Crippen LogP contribution in [0.3, 0.4) is 0 Å². The Labute approximate surface area is 173 Å². The topological polar surface area (TPSA) is 71.5 Å². The summed E-state index contributed by atoms with van der Waals surface area (Å²) in [7, 11) is 1.61. The number of nitrogens with zero attached hydrogens (tertiary/aromatic N) is 2. The molecule has 0 radical (unpaired) electrons. The maximum absolute atomic E-state index is 12.5. The van der Waals surface area contributed by atoms with Crippen molar-refractivity contribution in [1.82, 2.24) is 9.88 Å². The highest BCUT2D eigenvalue weighted by molar-refractivity contribution is 8.01. The van der Waals surface area contributed by atoms with Gasteiger partial charge in [-0.3, -0.25) is 9.59 Å². The van der Waals surface area contributed by atoms with Crippen molar-refractivity contribution in [2.45, 2.75) is 36.4 Å². The lowest BCUT2D eigenvalue weighted by molar-refractivity contribution is -0.130. The number of amides is 2. The van der Waals surface area contributed by atoms with Gasteiger partial charge in [-0.1, -0.05) is 24.6 Å². The Balaban J connectivity index is 1.44. The summed E-state index contributed by atoms with van der Waals surface area (Å²) in [5, 5.41) is 4.77. The minimum atomic E-state index is -0.0902. The minimum absolute atomic E-state index is 0.0902. The number of hydrogen-bond acceptors (Lipinski definition) is 6. The molecule has 0 unspecified atom stereocenters. The van der Waals surface area contributed by atoms with E-state index in [-0.39, 0.29) is 17.6 Å². The summed E-state index contributed by atoms with van der Waals surface area (Å²) in [5.74, 6) is 1.09. The van der Waals surface area contributed by atoms with Crippen molar-refractivity contribution >= 4 is 40.6 Å². The summed E-state index contributed by atoms with van der Waals surface area (Å²) in [6.45, 7) is 1.71. The number of ether oxygens (including phenoxy) is 1. The van der Waals surface area contributed by atoms with E-state index in [0.717, 1.165) is 47.4 Å². The number of carbonyl (C=O) groups excluding carboxylic acids is 2. The number of anilines is 1. The van der Waals surface area contributed by atoms with Crippen LogP contribution in [-0.2, 0) is 16.0 Å². The molecule has 8 heteroatoms. The summed E-state index contributed by atoms with van der Waals surface area (Å²) in [4.78, 5) is 31.0. The molecule has 2 amide bonds. The second-order valence-electron chi connectivity index (χ2n) is 6.64. The Hall–Kier alpha value is -2.06. The van der Waals surface area contributed by atoms with E-state index in [9.17, 15) is 9.59 Å². The second-order valence-corrected chi connectivity index (χ2v) is 8.72. The van der Waals surface area contributed by atoms with Crippen molar-refractivity contribution in [3.63, 3.8) is 0 Å². The van der Waals surface area contributed by atoms with Gasteiger partial charge in [-0.25, -0.2) is 4.98 Å². The minimum Gasteiger partial charge on any atom is -0.497 e. The first-order valence-electron chi connectivity index (χ1n) is 9.43. The molecule has 3 rings (SSSR count). The normalized spacial score (nSPS) is 14.4. The molecule has 1 aromatic heterocycles. The number of hydrogen-bond donors (Lipinski definition) is 1. The number of thioether (sulfide) groups is 1. The molecule has 1 saturated heterocycles. The maximum Gasteiger partial charge on any atom is 0.234 e. The van der Waals surface area contributed by atoms with Gasteiger partial charge in [-0.2, -0.15) is 0 Å². The van der Waals surface area contributed by atoms with Gasteiger partial charge in [0.15, 0.2) is 4.34 Å². The van der Waals surface area contributed by atoms with E-state index in [2.05, 4.69) is 10.3 Å². The Morgan fingerprint density at radius 1 is 1.18 bits per heavy atom. The second kappa shape index (κ2) is 10.5. The molecule has 0 spiro atoms. The van der Waals surface area contributed by atoms with E-state index >= 15 is 0 Å². The first kappa shape index (κ1) is 20.7. The van der Waals surface area contributed by atoms with Crippen molar-refractivity contribution in [3.8, 4) is 5.75 Å². The lowest BCUT2D eigenvalue weighted by Gasteiger charge is -2.19. The van der Waals surface area contributed by atoms with E-state index in [1.54, 1.807) is 31.4 Å². The molecule has 2 heterocycles. The summed E-state index contributed by atoms with van der Waals surface area (Å²) in [5.41, 5.74) is 1.52. The Morgan fingerprint density at radius 2 is 1.89 bits per heavy atom. The molecule has 1 aliphatic heterocycles. The lowest BCUT2D eigenvalue weighted by Crippen LogP contribution is -2.33. The molecule has 28 heavy (non-hydrogen) atoms. The maximum atomic E-state index is 12.5. The van der Waals surface area contributed by atoms with Gasteiger partial charge in [0.2, 0.25) is 11.8 Å². The largest absolute Gasteiger partial charge is 0.497 e. The van der Waals surface area contributed by atoms with Gasteiger partial charge >= 0.3 is 0 Å². The van der Waals surface area contributed by atoms with Gasteiger partial charge in [-0.15, -0.1) is 11.3 Å². The number of benzene rings is 1. The third kappa shape index (κ3) is 6.24. The average Bonchev–Trinajstić information content (AvgIpc) is 2.97. The third-order valence-electron chi connectivity index (χ3n) is 4.52. The highest BCUT2D eigenvalue weighted by Gasteiger charge is 2.17. The zero-order chi connectivity index (χ0) is 19.8. The molecule has 0 saturated carbocycles. The van der Waals surface area contributed by atoms with E-state index in [1.165, 1.54) is 35.9 Å². The van der Waals surface area contributed by atoms with Crippen LogP contribution >= 0.6 is 23.1 Å². The number of rotatable bonds is 7. The summed E-state index contributed by atoms with van der Waals surface area (Å²) in [6.07, 6.45) is 4.94. The molecule has 6 nitrogen and oxygen atoms in total. The van der Waals surface area contributed by atoms with Gasteiger partial charge < -0.3 is 15.0 Å². The van der Waals surface area contributed by atoms with Gasteiger partial charge in [-0.05, 0) is 37.1 Å². The van der Waals surface area contributed by atoms with Gasteiger partial charge in [0.05, 0.1) is 25.0 Å². The first-order chi connectivity index (χ1) is 13.6. The molecule has 0 atom stereocenters. The van der Waals surface area contributed by atoms with E-state index in [4.69, 9.17) is 4.74 Å². The fraction of sp³-hybridized carbons (Fsp3) is 0.450. The van der Waals surface area contributed by atoms with Crippen molar-refractivity contribution < 1.29 is 14.3 Å². The Morgan fingerprint density at radius 3 is 2.57 bits per heavy atom. The lowest BCUT2D eigenvalue weighted by atomic mass is 10.2. The van der Waals surface area contributed by atoms with Gasteiger partial charge in [0, 0.05) is 24.2 Å². The van der Waals surface area contributed by atoms with Crippen molar-refractivity contribution in [2.24, 2.45) is 0 Å². The summed E-state index contributed by atoms with van der Waals surface area (Å²) in [6, 6.07) is 7.21. The predicted molar refractivity (Wildman–Crippen MR) is 113 cm³/mol. The number of nitrogens with one attached hydrogen (secondary N) is 1. The van der Waals surface area contributed by atoms with Crippen LogP contribution in [0.4, 0.5) is 5.69 Å². The van der Waals surface area contributed by atoms with Crippen LogP contribution in [0.5, 0.6) is 5.75 Å². The fourth-order valence-corrected chi connectivity index (χ4v) is 4.67. The monoisotopic (exact) mass is 419 g/mol. The molecule has 1 aromatic carbocycles. The zero-order valence-electron chi connectivity index (χ0n) is 16.0. The average molecular weight is 420 g/mol. The van der Waals surface area contributed by atoms with E-state index < -0.39 is 0 Å². The number of aromatic nitrogens is 1. The van der Waals surface area contributed by atoms with Crippen LogP contribution in [0.25, 0.3) is 0 Å². The Kier molecular flexibility index (Phi) is 7.73. The van der Waals surface area contributed by atoms with Gasteiger partial charge in [0.1, 0.15) is 5.75 Å². The van der Waals surface area contributed by atoms with Crippen molar-refractivity contribution in [3.05, 3.63) is 35.3 Å². The molecule has 1 aliphatic rings.